The molecule has 1 rings (SSSR count). The van der Waals surface area contributed by atoms with E-state index >= 15 is 0 Å². The van der Waals surface area contributed by atoms with Crippen LogP contribution in [0.1, 0.15) is 31.9 Å². The van der Waals surface area contributed by atoms with Crippen molar-refractivity contribution in [1.82, 2.24) is 10.2 Å². The molecule has 0 spiro atoms. The zero-order valence-corrected chi connectivity index (χ0v) is 11.9. The molecule has 1 amide bonds. The predicted molar refractivity (Wildman–Crippen MR) is 75.4 cm³/mol. The smallest absolute Gasteiger partial charge is 0.236 e. The Morgan fingerprint density at radius 3 is 2.67 bits per heavy atom. The lowest BCUT2D eigenvalue weighted by atomic mass is 10.1. The summed E-state index contributed by atoms with van der Waals surface area (Å²) in [6.07, 6.45) is 0. The van der Waals surface area contributed by atoms with Crippen LogP contribution in [0.3, 0.4) is 0 Å². The van der Waals surface area contributed by atoms with Gasteiger partial charge < -0.3 is 10.2 Å². The van der Waals surface area contributed by atoms with Gasteiger partial charge in [-0.25, -0.2) is 0 Å². The van der Waals surface area contributed by atoms with Crippen molar-refractivity contribution in [2.45, 2.75) is 40.3 Å². The van der Waals surface area contributed by atoms with E-state index in [0.29, 0.717) is 19.1 Å². The summed E-state index contributed by atoms with van der Waals surface area (Å²) < 4.78 is 0. The van der Waals surface area contributed by atoms with Crippen LogP contribution < -0.4 is 5.32 Å². The van der Waals surface area contributed by atoms with E-state index in [1.54, 1.807) is 0 Å². The van der Waals surface area contributed by atoms with Crippen LogP contribution in [0.25, 0.3) is 0 Å². The van der Waals surface area contributed by atoms with Gasteiger partial charge in [-0.2, -0.15) is 0 Å². The van der Waals surface area contributed by atoms with Crippen molar-refractivity contribution in [3.63, 3.8) is 0 Å². The van der Waals surface area contributed by atoms with E-state index in [4.69, 9.17) is 0 Å². The average molecular weight is 248 g/mol. The summed E-state index contributed by atoms with van der Waals surface area (Å²) in [4.78, 5) is 13.9. The summed E-state index contributed by atoms with van der Waals surface area (Å²) in [6.45, 7) is 10.0. The molecule has 0 saturated heterocycles. The first-order chi connectivity index (χ1) is 8.52. The summed E-state index contributed by atoms with van der Waals surface area (Å²) in [5.74, 6) is 0.160. The first kappa shape index (κ1) is 14.7. The standard InChI is InChI=1S/C15H24N2O/c1-5-17(15(18)10-16-12(2)3)11-14-8-6-7-13(4)9-14/h6-9,12,16H,5,10-11H2,1-4H3. The van der Waals surface area contributed by atoms with Crippen molar-refractivity contribution in [2.75, 3.05) is 13.1 Å². The molecule has 0 unspecified atom stereocenters. The third-order valence-electron chi connectivity index (χ3n) is 2.85. The molecule has 0 fully saturated rings. The summed E-state index contributed by atoms with van der Waals surface area (Å²) in [5.41, 5.74) is 2.42. The molecule has 0 saturated carbocycles. The number of aryl methyl sites for hydroxylation is 1. The number of benzene rings is 1. The zero-order valence-electron chi connectivity index (χ0n) is 11.9. The molecule has 18 heavy (non-hydrogen) atoms. The second kappa shape index (κ2) is 7.17. The number of carbonyl (C=O) groups excluding carboxylic acids is 1. The molecule has 0 aromatic heterocycles. The van der Waals surface area contributed by atoms with E-state index in [1.165, 1.54) is 11.1 Å². The van der Waals surface area contributed by atoms with Crippen molar-refractivity contribution in [3.05, 3.63) is 35.4 Å². The van der Waals surface area contributed by atoms with Gasteiger partial charge in [0.2, 0.25) is 5.91 Å². The molecule has 0 aliphatic rings. The van der Waals surface area contributed by atoms with Gasteiger partial charge in [0.25, 0.3) is 0 Å². The van der Waals surface area contributed by atoms with Crippen molar-refractivity contribution in [1.29, 1.82) is 0 Å². The van der Waals surface area contributed by atoms with E-state index in [9.17, 15) is 4.79 Å². The summed E-state index contributed by atoms with van der Waals surface area (Å²) in [6, 6.07) is 8.65. The lowest BCUT2D eigenvalue weighted by Crippen LogP contribution is -2.39. The Morgan fingerprint density at radius 2 is 2.11 bits per heavy atom. The molecule has 3 heteroatoms. The number of nitrogens with one attached hydrogen (secondary N) is 1. The molecule has 0 aliphatic heterocycles. The van der Waals surface area contributed by atoms with Gasteiger partial charge in [0, 0.05) is 19.1 Å². The maximum Gasteiger partial charge on any atom is 0.236 e. The topological polar surface area (TPSA) is 32.3 Å². The van der Waals surface area contributed by atoms with E-state index in [-0.39, 0.29) is 5.91 Å². The Hall–Kier alpha value is -1.35. The van der Waals surface area contributed by atoms with Crippen LogP contribution in [0.2, 0.25) is 0 Å². The monoisotopic (exact) mass is 248 g/mol. The van der Waals surface area contributed by atoms with Gasteiger partial charge in [0.1, 0.15) is 0 Å². The van der Waals surface area contributed by atoms with Crippen molar-refractivity contribution in [2.24, 2.45) is 0 Å². The van der Waals surface area contributed by atoms with Crippen molar-refractivity contribution < 1.29 is 4.79 Å². The van der Waals surface area contributed by atoms with E-state index in [2.05, 4.69) is 30.4 Å². The van der Waals surface area contributed by atoms with Gasteiger partial charge in [-0.15, -0.1) is 0 Å². The van der Waals surface area contributed by atoms with Crippen LogP contribution in [-0.2, 0) is 11.3 Å². The van der Waals surface area contributed by atoms with Crippen LogP contribution in [0.5, 0.6) is 0 Å². The molecular formula is C15H24N2O. The second-order valence-electron chi connectivity index (χ2n) is 4.93. The molecule has 1 N–H and O–H groups in total. The number of amides is 1. The molecule has 3 nitrogen and oxygen atoms in total. The number of nitrogens with zero attached hydrogens (tertiary/aromatic N) is 1. The van der Waals surface area contributed by atoms with Crippen LogP contribution in [0.15, 0.2) is 24.3 Å². The van der Waals surface area contributed by atoms with Crippen molar-refractivity contribution in [3.8, 4) is 0 Å². The van der Waals surface area contributed by atoms with Crippen LogP contribution in [0, 0.1) is 6.92 Å². The van der Waals surface area contributed by atoms with Gasteiger partial charge >= 0.3 is 0 Å². The summed E-state index contributed by atoms with van der Waals surface area (Å²) in [5, 5.41) is 3.17. The van der Waals surface area contributed by atoms with Crippen molar-refractivity contribution >= 4 is 5.91 Å². The van der Waals surface area contributed by atoms with Gasteiger partial charge in [-0.3, -0.25) is 4.79 Å². The van der Waals surface area contributed by atoms with Gasteiger partial charge in [0.05, 0.1) is 6.54 Å². The number of hydrogen-bond donors (Lipinski definition) is 1. The number of hydrogen-bond acceptors (Lipinski definition) is 2. The number of rotatable bonds is 6. The summed E-state index contributed by atoms with van der Waals surface area (Å²) >= 11 is 0. The van der Waals surface area contributed by atoms with Crippen LogP contribution in [-0.4, -0.2) is 29.9 Å². The van der Waals surface area contributed by atoms with E-state index in [1.807, 2.05) is 31.7 Å². The molecule has 0 radical (unpaired) electrons. The second-order valence-corrected chi connectivity index (χ2v) is 4.93. The highest BCUT2D eigenvalue weighted by molar-refractivity contribution is 5.78. The minimum Gasteiger partial charge on any atom is -0.338 e. The summed E-state index contributed by atoms with van der Waals surface area (Å²) in [7, 11) is 0. The fourth-order valence-electron chi connectivity index (χ4n) is 1.81. The first-order valence-electron chi connectivity index (χ1n) is 6.59. The Kier molecular flexibility index (Phi) is 5.86. The largest absolute Gasteiger partial charge is 0.338 e. The molecule has 1 aromatic rings. The van der Waals surface area contributed by atoms with Crippen LogP contribution in [0.4, 0.5) is 0 Å². The maximum absolute atomic E-state index is 12.0. The van der Waals surface area contributed by atoms with Crippen LogP contribution >= 0.6 is 0 Å². The molecule has 0 bridgehead atoms. The van der Waals surface area contributed by atoms with Gasteiger partial charge in [-0.1, -0.05) is 43.7 Å². The minimum atomic E-state index is 0.160. The molecule has 0 heterocycles. The highest BCUT2D eigenvalue weighted by Gasteiger charge is 2.12. The molecule has 0 atom stereocenters. The zero-order chi connectivity index (χ0) is 13.5. The third kappa shape index (κ3) is 4.88. The Morgan fingerprint density at radius 1 is 1.39 bits per heavy atom. The normalized spacial score (nSPS) is 10.7. The van der Waals surface area contributed by atoms with E-state index in [0.717, 1.165) is 6.54 Å². The fourth-order valence-corrected chi connectivity index (χ4v) is 1.81. The molecule has 100 valence electrons. The lowest BCUT2D eigenvalue weighted by molar-refractivity contribution is -0.130. The highest BCUT2D eigenvalue weighted by atomic mass is 16.2. The number of carbonyl (C=O) groups is 1. The highest BCUT2D eigenvalue weighted by Crippen LogP contribution is 2.07. The molecular weight excluding hydrogens is 224 g/mol. The van der Waals surface area contributed by atoms with Gasteiger partial charge in [0.15, 0.2) is 0 Å². The molecule has 1 aromatic carbocycles. The Balaban J connectivity index is 2.58. The minimum absolute atomic E-state index is 0.160. The van der Waals surface area contributed by atoms with E-state index < -0.39 is 0 Å². The predicted octanol–water partition coefficient (Wildman–Crippen LogP) is 2.34. The quantitative estimate of drug-likeness (QED) is 0.838. The number of likely N-dealkylation sites (N-methyl/N-ethyl adjacent to an activating group) is 1. The average Bonchev–Trinajstić information content (AvgIpc) is 2.33. The fraction of sp³-hybridized carbons (Fsp3) is 0.533. The maximum atomic E-state index is 12.0. The lowest BCUT2D eigenvalue weighted by Gasteiger charge is -2.22. The third-order valence-corrected chi connectivity index (χ3v) is 2.85. The Bertz CT molecular complexity index is 388. The van der Waals surface area contributed by atoms with Gasteiger partial charge in [-0.05, 0) is 19.4 Å². The molecule has 0 aliphatic carbocycles. The first-order valence-corrected chi connectivity index (χ1v) is 6.59. The Labute approximate surface area is 110 Å². The SMILES string of the molecule is CCN(Cc1cccc(C)c1)C(=O)CNC(C)C.